The van der Waals surface area contributed by atoms with E-state index in [4.69, 9.17) is 19.2 Å². The largest absolute Gasteiger partial charge is 0.496 e. The van der Waals surface area contributed by atoms with Crippen molar-refractivity contribution in [3.05, 3.63) is 52.9 Å². The van der Waals surface area contributed by atoms with Crippen molar-refractivity contribution in [3.63, 3.8) is 0 Å². The van der Waals surface area contributed by atoms with Gasteiger partial charge in [0.1, 0.15) is 23.0 Å². The van der Waals surface area contributed by atoms with Gasteiger partial charge < -0.3 is 14.2 Å². The number of methoxy groups -OCH3 is 1. The Labute approximate surface area is 191 Å². The zero-order valence-electron chi connectivity index (χ0n) is 19.2. The minimum atomic E-state index is 0.739. The molecule has 6 rings (SSSR count). The van der Waals surface area contributed by atoms with E-state index in [0.717, 1.165) is 80.2 Å². The third kappa shape index (κ3) is 3.03. The molecule has 7 nitrogen and oxygen atoms in total. The summed E-state index contributed by atoms with van der Waals surface area (Å²) in [5.74, 6) is 2.27. The van der Waals surface area contributed by atoms with Crippen LogP contribution in [-0.4, -0.2) is 32.2 Å². The quantitative estimate of drug-likeness (QED) is 0.391. The molecule has 33 heavy (non-hydrogen) atoms. The van der Waals surface area contributed by atoms with Crippen molar-refractivity contribution in [1.29, 1.82) is 0 Å². The van der Waals surface area contributed by atoms with Gasteiger partial charge in [0.25, 0.3) is 0 Å². The SMILES string of the molecule is COc1cc2c(cc1-c1c(C)noc1C)[nH]c1nc(C)nc(-c3ccnc4c3CCCC4)c12. The summed E-state index contributed by atoms with van der Waals surface area (Å²) in [5.41, 5.74) is 9.16. The molecule has 4 heterocycles. The van der Waals surface area contributed by atoms with Crippen LogP contribution in [0.15, 0.2) is 28.9 Å². The second-order valence-corrected chi connectivity index (χ2v) is 8.76. The molecule has 166 valence electrons. The van der Waals surface area contributed by atoms with Gasteiger partial charge in [-0.15, -0.1) is 0 Å². The third-order valence-electron chi connectivity index (χ3n) is 6.68. The predicted octanol–water partition coefficient (Wildman–Crippen LogP) is 5.64. The molecule has 1 aliphatic rings. The van der Waals surface area contributed by atoms with Crippen molar-refractivity contribution in [3.8, 4) is 28.1 Å². The highest BCUT2D eigenvalue weighted by molar-refractivity contribution is 6.13. The van der Waals surface area contributed by atoms with Crippen molar-refractivity contribution < 1.29 is 9.26 Å². The van der Waals surface area contributed by atoms with Gasteiger partial charge >= 0.3 is 0 Å². The number of pyridine rings is 1. The lowest BCUT2D eigenvalue weighted by atomic mass is 9.90. The van der Waals surface area contributed by atoms with Gasteiger partial charge in [-0.05, 0) is 70.2 Å². The van der Waals surface area contributed by atoms with E-state index in [1.165, 1.54) is 24.1 Å². The van der Waals surface area contributed by atoms with E-state index in [2.05, 4.69) is 33.3 Å². The van der Waals surface area contributed by atoms with Crippen LogP contribution in [0.4, 0.5) is 0 Å². The third-order valence-corrected chi connectivity index (χ3v) is 6.68. The number of rotatable bonds is 3. The van der Waals surface area contributed by atoms with Crippen LogP contribution in [0, 0.1) is 20.8 Å². The minimum absolute atomic E-state index is 0.739. The number of hydrogen-bond acceptors (Lipinski definition) is 6. The predicted molar refractivity (Wildman–Crippen MR) is 128 cm³/mol. The van der Waals surface area contributed by atoms with Crippen molar-refractivity contribution in [2.75, 3.05) is 7.11 Å². The smallest absolute Gasteiger partial charge is 0.142 e. The zero-order chi connectivity index (χ0) is 22.7. The van der Waals surface area contributed by atoms with Gasteiger partial charge in [-0.2, -0.15) is 0 Å². The van der Waals surface area contributed by atoms with Gasteiger partial charge in [-0.3, -0.25) is 4.98 Å². The first-order chi connectivity index (χ1) is 16.0. The Morgan fingerprint density at radius 3 is 2.67 bits per heavy atom. The molecule has 0 bridgehead atoms. The lowest BCUT2D eigenvalue weighted by molar-refractivity contribution is 0.393. The van der Waals surface area contributed by atoms with Crippen LogP contribution in [0.3, 0.4) is 0 Å². The molecule has 0 atom stereocenters. The number of H-pyrrole nitrogens is 1. The van der Waals surface area contributed by atoms with Crippen LogP contribution in [0.5, 0.6) is 5.75 Å². The van der Waals surface area contributed by atoms with E-state index >= 15 is 0 Å². The van der Waals surface area contributed by atoms with Gasteiger partial charge in [-0.1, -0.05) is 5.16 Å². The number of aryl methyl sites for hydroxylation is 4. The van der Waals surface area contributed by atoms with Crippen molar-refractivity contribution in [1.82, 2.24) is 25.1 Å². The van der Waals surface area contributed by atoms with E-state index in [1.54, 1.807) is 7.11 Å². The summed E-state index contributed by atoms with van der Waals surface area (Å²) in [6, 6.07) is 6.27. The monoisotopic (exact) mass is 439 g/mol. The molecule has 0 radical (unpaired) electrons. The first-order valence-electron chi connectivity index (χ1n) is 11.3. The summed E-state index contributed by atoms with van der Waals surface area (Å²) in [4.78, 5) is 17.9. The Hall–Kier alpha value is -3.74. The normalized spacial score (nSPS) is 13.6. The van der Waals surface area contributed by atoms with E-state index in [-0.39, 0.29) is 0 Å². The number of nitrogens with one attached hydrogen (secondary N) is 1. The number of aromatic amines is 1. The van der Waals surface area contributed by atoms with Crippen LogP contribution >= 0.6 is 0 Å². The van der Waals surface area contributed by atoms with Crippen LogP contribution in [0.2, 0.25) is 0 Å². The van der Waals surface area contributed by atoms with Crippen LogP contribution in [-0.2, 0) is 12.8 Å². The summed E-state index contributed by atoms with van der Waals surface area (Å²) < 4.78 is 11.3. The second-order valence-electron chi connectivity index (χ2n) is 8.76. The molecule has 0 aliphatic heterocycles. The Bertz CT molecular complexity index is 1530. The van der Waals surface area contributed by atoms with Crippen molar-refractivity contribution >= 4 is 21.9 Å². The molecule has 0 saturated carbocycles. The molecule has 1 aromatic carbocycles. The van der Waals surface area contributed by atoms with E-state index in [0.29, 0.717) is 0 Å². The highest BCUT2D eigenvalue weighted by atomic mass is 16.5. The maximum Gasteiger partial charge on any atom is 0.142 e. The fourth-order valence-corrected chi connectivity index (χ4v) is 5.21. The topological polar surface area (TPSA) is 89.7 Å². The lowest BCUT2D eigenvalue weighted by Crippen LogP contribution is -2.07. The number of hydrogen-bond donors (Lipinski definition) is 1. The van der Waals surface area contributed by atoms with Gasteiger partial charge in [0, 0.05) is 33.9 Å². The number of aromatic nitrogens is 5. The van der Waals surface area contributed by atoms with Gasteiger partial charge in [0.2, 0.25) is 0 Å². The summed E-state index contributed by atoms with van der Waals surface area (Å²) in [5, 5.41) is 6.18. The summed E-state index contributed by atoms with van der Waals surface area (Å²) >= 11 is 0. The zero-order valence-corrected chi connectivity index (χ0v) is 19.2. The summed E-state index contributed by atoms with van der Waals surface area (Å²) in [7, 11) is 1.69. The fourth-order valence-electron chi connectivity index (χ4n) is 5.21. The molecule has 0 unspecified atom stereocenters. The molecule has 5 aromatic rings. The second kappa shape index (κ2) is 7.40. The number of ether oxygens (including phenoxy) is 1. The average Bonchev–Trinajstić information content (AvgIpc) is 3.35. The fraction of sp³-hybridized carbons (Fsp3) is 0.308. The maximum atomic E-state index is 5.83. The molecular formula is C26H25N5O2. The first kappa shape index (κ1) is 19.9. The molecule has 0 fully saturated rings. The van der Waals surface area contributed by atoms with Crippen LogP contribution in [0.1, 0.15) is 41.4 Å². The minimum Gasteiger partial charge on any atom is -0.496 e. The maximum absolute atomic E-state index is 5.83. The number of nitrogens with zero attached hydrogens (tertiary/aromatic N) is 4. The average molecular weight is 440 g/mol. The van der Waals surface area contributed by atoms with Crippen LogP contribution in [0.25, 0.3) is 44.3 Å². The molecule has 4 aromatic heterocycles. The first-order valence-corrected chi connectivity index (χ1v) is 11.3. The van der Waals surface area contributed by atoms with Crippen molar-refractivity contribution in [2.24, 2.45) is 0 Å². The summed E-state index contributed by atoms with van der Waals surface area (Å²) in [6.07, 6.45) is 6.34. The molecule has 1 N–H and O–H groups in total. The highest BCUT2D eigenvalue weighted by Gasteiger charge is 2.23. The van der Waals surface area contributed by atoms with Crippen LogP contribution < -0.4 is 4.74 Å². The van der Waals surface area contributed by atoms with Crippen molar-refractivity contribution in [2.45, 2.75) is 46.5 Å². The van der Waals surface area contributed by atoms with E-state index in [9.17, 15) is 0 Å². The lowest BCUT2D eigenvalue weighted by Gasteiger charge is -2.18. The number of fused-ring (bicyclic) bond motifs is 4. The standard InChI is InChI=1S/C26H25N5O2/c1-13-23(14(2)33-31-13)19-11-21-18(12-22(19)32-4)24-25(28-15(3)29-26(24)30-21)17-9-10-27-20-8-6-5-7-16(17)20/h9-12H,5-8H2,1-4H3,(H,28,29,30). The van der Waals surface area contributed by atoms with E-state index < -0.39 is 0 Å². The van der Waals surface area contributed by atoms with E-state index in [1.807, 2.05) is 27.0 Å². The Kier molecular flexibility index (Phi) is 4.47. The molecular weight excluding hydrogens is 414 g/mol. The summed E-state index contributed by atoms with van der Waals surface area (Å²) in [6.45, 7) is 5.81. The number of benzene rings is 1. The Morgan fingerprint density at radius 2 is 1.88 bits per heavy atom. The van der Waals surface area contributed by atoms with Gasteiger partial charge in [0.05, 0.1) is 29.4 Å². The highest BCUT2D eigenvalue weighted by Crippen LogP contribution is 2.42. The molecule has 1 aliphatic carbocycles. The van der Waals surface area contributed by atoms with Gasteiger partial charge in [0.15, 0.2) is 0 Å². The Morgan fingerprint density at radius 1 is 1.03 bits per heavy atom. The molecule has 0 spiro atoms. The molecule has 7 heteroatoms. The molecule has 0 amide bonds. The van der Waals surface area contributed by atoms with Gasteiger partial charge in [-0.25, -0.2) is 9.97 Å². The Balaban J connectivity index is 1.67. The molecule has 0 saturated heterocycles.